The van der Waals surface area contributed by atoms with Crippen molar-refractivity contribution >= 4 is 39.0 Å². The lowest BCUT2D eigenvalue weighted by molar-refractivity contribution is 0.0697. The number of aromatic nitrogens is 2. The lowest BCUT2D eigenvalue weighted by Gasteiger charge is -2.22. The average Bonchev–Trinajstić information content (AvgIpc) is 3.33. The molecule has 0 radical (unpaired) electrons. The molecule has 0 aliphatic heterocycles. The number of hydrogen-bond donors (Lipinski definition) is 1. The highest BCUT2D eigenvalue weighted by molar-refractivity contribution is 9.10. The number of halogens is 1. The monoisotopic (exact) mass is 519 g/mol. The van der Waals surface area contributed by atoms with Gasteiger partial charge < -0.3 is 9.52 Å². The number of benzene rings is 2. The van der Waals surface area contributed by atoms with Crippen molar-refractivity contribution in [2.75, 3.05) is 0 Å². The van der Waals surface area contributed by atoms with Crippen molar-refractivity contribution in [3.63, 3.8) is 0 Å². The standard InChI is InChI=1S/C26H22BrN3O4/c27-19-9-11-22-21(14-19)25(31)30(24(29-22)16-5-2-1-3-6-16)28-15-20-10-12-23(34-20)17-7-4-8-18(13-17)26(32)33/h4,7-16H,1-3,5-6H2,(H,32,33). The van der Waals surface area contributed by atoms with Crippen LogP contribution in [0.5, 0.6) is 0 Å². The molecular weight excluding hydrogens is 498 g/mol. The minimum atomic E-state index is -1.000. The number of nitrogens with zero attached hydrogens (tertiary/aromatic N) is 3. The van der Waals surface area contributed by atoms with E-state index in [1.54, 1.807) is 36.4 Å². The van der Waals surface area contributed by atoms with E-state index in [1.807, 2.05) is 12.1 Å². The maximum atomic E-state index is 13.4. The molecule has 0 spiro atoms. The van der Waals surface area contributed by atoms with Gasteiger partial charge in [-0.05, 0) is 55.3 Å². The summed E-state index contributed by atoms with van der Waals surface area (Å²) < 4.78 is 8.08. The van der Waals surface area contributed by atoms with E-state index in [4.69, 9.17) is 9.40 Å². The molecule has 8 heteroatoms. The number of aromatic carboxylic acids is 1. The van der Waals surface area contributed by atoms with Crippen molar-refractivity contribution in [2.45, 2.75) is 38.0 Å². The topological polar surface area (TPSA) is 97.7 Å². The Morgan fingerprint density at radius 3 is 2.74 bits per heavy atom. The third kappa shape index (κ3) is 4.46. The summed E-state index contributed by atoms with van der Waals surface area (Å²) in [5, 5.41) is 14.2. The van der Waals surface area contributed by atoms with Crippen molar-refractivity contribution in [2.24, 2.45) is 5.10 Å². The number of hydrogen-bond acceptors (Lipinski definition) is 5. The van der Waals surface area contributed by atoms with Gasteiger partial charge in [-0.15, -0.1) is 0 Å². The van der Waals surface area contributed by atoms with E-state index in [0.29, 0.717) is 33.8 Å². The number of rotatable bonds is 5. The zero-order valence-corrected chi connectivity index (χ0v) is 19.9. The lowest BCUT2D eigenvalue weighted by Crippen LogP contribution is -2.25. The predicted octanol–water partition coefficient (Wildman–Crippen LogP) is 6.05. The van der Waals surface area contributed by atoms with Gasteiger partial charge in [-0.25, -0.2) is 9.78 Å². The SMILES string of the molecule is O=C(O)c1cccc(-c2ccc(C=Nn3c(C4CCCCC4)nc4ccc(Br)cc4c3=O)o2)c1. The normalized spacial score (nSPS) is 14.7. The first-order valence-electron chi connectivity index (χ1n) is 11.2. The molecule has 2 heterocycles. The van der Waals surface area contributed by atoms with Gasteiger partial charge in [0, 0.05) is 16.0 Å². The number of carboxylic acid groups (broad SMARTS) is 1. The molecule has 1 aliphatic carbocycles. The molecule has 1 saturated carbocycles. The molecule has 0 unspecified atom stereocenters. The zero-order chi connectivity index (χ0) is 23.7. The molecule has 7 nitrogen and oxygen atoms in total. The van der Waals surface area contributed by atoms with Crippen LogP contribution in [-0.2, 0) is 0 Å². The van der Waals surface area contributed by atoms with Gasteiger partial charge in [0.25, 0.3) is 5.56 Å². The quantitative estimate of drug-likeness (QED) is 0.323. The smallest absolute Gasteiger partial charge is 0.335 e. The first-order chi connectivity index (χ1) is 16.5. The maximum Gasteiger partial charge on any atom is 0.335 e. The second-order valence-electron chi connectivity index (χ2n) is 8.42. The lowest BCUT2D eigenvalue weighted by atomic mass is 9.88. The fraction of sp³-hybridized carbons (Fsp3) is 0.231. The summed E-state index contributed by atoms with van der Waals surface area (Å²) in [5.41, 5.74) is 1.28. The maximum absolute atomic E-state index is 13.4. The molecule has 0 bridgehead atoms. The third-order valence-electron chi connectivity index (χ3n) is 6.12. The van der Waals surface area contributed by atoms with Crippen molar-refractivity contribution < 1.29 is 14.3 Å². The Bertz CT molecular complexity index is 1460. The fourth-order valence-electron chi connectivity index (χ4n) is 4.40. The summed E-state index contributed by atoms with van der Waals surface area (Å²) >= 11 is 3.43. The fourth-order valence-corrected chi connectivity index (χ4v) is 4.76. The van der Waals surface area contributed by atoms with Crippen LogP contribution >= 0.6 is 15.9 Å². The van der Waals surface area contributed by atoms with Crippen molar-refractivity contribution in [3.8, 4) is 11.3 Å². The van der Waals surface area contributed by atoms with Gasteiger partial charge in [0.15, 0.2) is 0 Å². The van der Waals surface area contributed by atoms with E-state index >= 15 is 0 Å². The van der Waals surface area contributed by atoms with Gasteiger partial charge in [-0.1, -0.05) is 47.3 Å². The Morgan fingerprint density at radius 2 is 1.94 bits per heavy atom. The highest BCUT2D eigenvalue weighted by Crippen LogP contribution is 2.32. The Balaban J connectivity index is 1.54. The number of carboxylic acids is 1. The highest BCUT2D eigenvalue weighted by Gasteiger charge is 2.22. The van der Waals surface area contributed by atoms with Crippen molar-refractivity contribution in [1.82, 2.24) is 9.66 Å². The largest absolute Gasteiger partial charge is 0.478 e. The summed E-state index contributed by atoms with van der Waals surface area (Å²) in [6, 6.07) is 15.5. The van der Waals surface area contributed by atoms with Crippen molar-refractivity contribution in [1.29, 1.82) is 0 Å². The summed E-state index contributed by atoms with van der Waals surface area (Å²) in [5.74, 6) is 0.825. The van der Waals surface area contributed by atoms with Gasteiger partial charge in [0.1, 0.15) is 17.3 Å². The molecule has 2 aromatic heterocycles. The van der Waals surface area contributed by atoms with Gasteiger partial charge in [0.2, 0.25) is 0 Å². The van der Waals surface area contributed by atoms with E-state index < -0.39 is 5.97 Å². The zero-order valence-electron chi connectivity index (χ0n) is 18.3. The van der Waals surface area contributed by atoms with E-state index in [0.717, 1.165) is 30.2 Å². The number of furan rings is 1. The average molecular weight is 520 g/mol. The Hall–Kier alpha value is -3.52. The second kappa shape index (κ2) is 9.38. The Labute approximate surface area is 203 Å². The summed E-state index contributed by atoms with van der Waals surface area (Å²) in [4.78, 5) is 29.5. The van der Waals surface area contributed by atoms with Crippen LogP contribution < -0.4 is 5.56 Å². The van der Waals surface area contributed by atoms with Crippen LogP contribution in [0, 0.1) is 0 Å². The Kier molecular flexibility index (Phi) is 6.15. The van der Waals surface area contributed by atoms with E-state index in [-0.39, 0.29) is 17.0 Å². The van der Waals surface area contributed by atoms with Gasteiger partial charge in [-0.3, -0.25) is 4.79 Å². The van der Waals surface area contributed by atoms with E-state index in [1.165, 1.54) is 23.4 Å². The number of fused-ring (bicyclic) bond motifs is 1. The van der Waals surface area contributed by atoms with Crippen LogP contribution in [-0.4, -0.2) is 27.0 Å². The van der Waals surface area contributed by atoms with Gasteiger partial charge in [0.05, 0.1) is 22.7 Å². The van der Waals surface area contributed by atoms with Crippen LogP contribution in [0.3, 0.4) is 0 Å². The molecule has 1 N–H and O–H groups in total. The summed E-state index contributed by atoms with van der Waals surface area (Å²) in [6.07, 6.45) is 6.88. The molecule has 0 saturated heterocycles. The highest BCUT2D eigenvalue weighted by atomic mass is 79.9. The summed E-state index contributed by atoms with van der Waals surface area (Å²) in [6.45, 7) is 0. The Morgan fingerprint density at radius 1 is 1.12 bits per heavy atom. The van der Waals surface area contributed by atoms with Crippen LogP contribution in [0.25, 0.3) is 22.2 Å². The van der Waals surface area contributed by atoms with Gasteiger partial charge in [-0.2, -0.15) is 9.78 Å². The van der Waals surface area contributed by atoms with Crippen LogP contribution in [0.2, 0.25) is 0 Å². The van der Waals surface area contributed by atoms with Crippen LogP contribution in [0.15, 0.2) is 73.4 Å². The predicted molar refractivity (Wildman–Crippen MR) is 134 cm³/mol. The van der Waals surface area contributed by atoms with Crippen LogP contribution in [0.1, 0.15) is 60.0 Å². The molecular formula is C26H22BrN3O4. The van der Waals surface area contributed by atoms with E-state index in [2.05, 4.69) is 21.0 Å². The molecule has 4 aromatic rings. The van der Waals surface area contributed by atoms with E-state index in [9.17, 15) is 14.7 Å². The molecule has 5 rings (SSSR count). The summed E-state index contributed by atoms with van der Waals surface area (Å²) in [7, 11) is 0. The first kappa shape index (κ1) is 22.3. The minimum Gasteiger partial charge on any atom is -0.478 e. The van der Waals surface area contributed by atoms with Gasteiger partial charge >= 0.3 is 5.97 Å². The molecule has 2 aromatic carbocycles. The first-order valence-corrected chi connectivity index (χ1v) is 12.0. The second-order valence-corrected chi connectivity index (χ2v) is 9.33. The minimum absolute atomic E-state index is 0.178. The van der Waals surface area contributed by atoms with Crippen LogP contribution in [0.4, 0.5) is 0 Å². The molecule has 34 heavy (non-hydrogen) atoms. The molecule has 0 amide bonds. The van der Waals surface area contributed by atoms with Crippen molar-refractivity contribution in [3.05, 3.63) is 86.6 Å². The molecule has 1 fully saturated rings. The third-order valence-corrected chi connectivity index (χ3v) is 6.62. The molecule has 172 valence electrons. The molecule has 0 atom stereocenters. The number of carbonyl (C=O) groups is 1. The molecule has 1 aliphatic rings.